The quantitative estimate of drug-likeness (QED) is 0.682. The van der Waals surface area contributed by atoms with Gasteiger partial charge in [-0.1, -0.05) is 18.2 Å². The van der Waals surface area contributed by atoms with Crippen molar-refractivity contribution in [2.45, 2.75) is 19.4 Å². The summed E-state index contributed by atoms with van der Waals surface area (Å²) in [6, 6.07) is 8.83. The number of hydrogen-bond donors (Lipinski definition) is 1. The molecule has 0 saturated heterocycles. The second-order valence-corrected chi connectivity index (χ2v) is 3.26. The summed E-state index contributed by atoms with van der Waals surface area (Å²) in [5, 5.41) is 3.42. The van der Waals surface area contributed by atoms with Gasteiger partial charge in [0, 0.05) is 18.4 Å². The molecular formula is C11H14N2. The van der Waals surface area contributed by atoms with Gasteiger partial charge in [-0.25, -0.2) is 0 Å². The zero-order chi connectivity index (χ0) is 9.10. The van der Waals surface area contributed by atoms with Gasteiger partial charge >= 0.3 is 0 Å². The van der Waals surface area contributed by atoms with Crippen molar-refractivity contribution in [2.75, 3.05) is 11.9 Å². The lowest BCUT2D eigenvalue weighted by molar-refractivity contribution is 0.972. The molecule has 1 N–H and O–H groups in total. The number of nitrogens with one attached hydrogen (secondary N) is 1. The van der Waals surface area contributed by atoms with Crippen LogP contribution in [0.2, 0.25) is 0 Å². The first-order valence-electron chi connectivity index (χ1n) is 4.74. The molecule has 1 aliphatic rings. The monoisotopic (exact) mass is 174 g/mol. The van der Waals surface area contributed by atoms with Gasteiger partial charge in [-0.3, -0.25) is 4.99 Å². The van der Waals surface area contributed by atoms with E-state index in [4.69, 9.17) is 0 Å². The number of anilines is 1. The third kappa shape index (κ3) is 1.72. The SMILES string of the molecule is CC/N=C\[C@H]1Cc2ccccc2N1. The van der Waals surface area contributed by atoms with E-state index in [2.05, 4.69) is 41.5 Å². The topological polar surface area (TPSA) is 24.4 Å². The average molecular weight is 174 g/mol. The van der Waals surface area contributed by atoms with E-state index in [0.29, 0.717) is 6.04 Å². The maximum absolute atomic E-state index is 4.25. The number of para-hydroxylation sites is 1. The van der Waals surface area contributed by atoms with Crippen molar-refractivity contribution < 1.29 is 0 Å². The van der Waals surface area contributed by atoms with E-state index in [-0.39, 0.29) is 0 Å². The van der Waals surface area contributed by atoms with Gasteiger partial charge in [0.2, 0.25) is 0 Å². The predicted octanol–water partition coefficient (Wildman–Crippen LogP) is 2.11. The molecule has 1 aliphatic heterocycles. The van der Waals surface area contributed by atoms with Gasteiger partial charge in [0.15, 0.2) is 0 Å². The van der Waals surface area contributed by atoms with E-state index in [1.807, 2.05) is 6.21 Å². The van der Waals surface area contributed by atoms with Crippen molar-refractivity contribution in [3.8, 4) is 0 Å². The highest BCUT2D eigenvalue weighted by Crippen LogP contribution is 2.24. The van der Waals surface area contributed by atoms with Gasteiger partial charge in [-0.05, 0) is 25.0 Å². The molecule has 2 rings (SSSR count). The highest BCUT2D eigenvalue weighted by Gasteiger charge is 2.17. The highest BCUT2D eigenvalue weighted by atomic mass is 15.0. The van der Waals surface area contributed by atoms with Crippen LogP contribution >= 0.6 is 0 Å². The van der Waals surface area contributed by atoms with Crippen LogP contribution in [0, 0.1) is 0 Å². The molecule has 1 aromatic rings. The molecule has 0 saturated carbocycles. The molecule has 68 valence electrons. The molecule has 1 heterocycles. The zero-order valence-electron chi connectivity index (χ0n) is 7.83. The molecule has 0 aliphatic carbocycles. The first-order chi connectivity index (χ1) is 6.40. The first-order valence-corrected chi connectivity index (χ1v) is 4.74. The first kappa shape index (κ1) is 8.30. The maximum atomic E-state index is 4.25. The smallest absolute Gasteiger partial charge is 0.0652 e. The number of fused-ring (bicyclic) bond motifs is 1. The number of benzene rings is 1. The van der Waals surface area contributed by atoms with Crippen molar-refractivity contribution in [3.05, 3.63) is 29.8 Å². The van der Waals surface area contributed by atoms with Crippen LogP contribution in [0.25, 0.3) is 0 Å². The Labute approximate surface area is 78.7 Å². The van der Waals surface area contributed by atoms with Crippen LogP contribution in [-0.4, -0.2) is 18.8 Å². The summed E-state index contributed by atoms with van der Waals surface area (Å²) >= 11 is 0. The van der Waals surface area contributed by atoms with E-state index in [0.717, 1.165) is 13.0 Å². The van der Waals surface area contributed by atoms with Crippen LogP contribution in [0.15, 0.2) is 29.3 Å². The Hall–Kier alpha value is -1.31. The summed E-state index contributed by atoms with van der Waals surface area (Å²) in [5.41, 5.74) is 2.66. The lowest BCUT2D eigenvalue weighted by Crippen LogP contribution is -2.16. The van der Waals surface area contributed by atoms with Crippen LogP contribution in [0.5, 0.6) is 0 Å². The summed E-state index contributed by atoms with van der Waals surface area (Å²) in [6.45, 7) is 2.92. The second-order valence-electron chi connectivity index (χ2n) is 3.26. The molecule has 0 spiro atoms. The van der Waals surface area contributed by atoms with Gasteiger partial charge in [0.1, 0.15) is 0 Å². The van der Waals surface area contributed by atoms with Crippen molar-refractivity contribution in [3.63, 3.8) is 0 Å². The molecule has 1 aromatic carbocycles. The molecule has 13 heavy (non-hydrogen) atoms. The van der Waals surface area contributed by atoms with Crippen LogP contribution < -0.4 is 5.32 Å². The molecule has 0 amide bonds. The minimum atomic E-state index is 0.400. The van der Waals surface area contributed by atoms with Crippen LogP contribution in [0.4, 0.5) is 5.69 Å². The molecule has 2 heteroatoms. The molecule has 0 bridgehead atoms. The van der Waals surface area contributed by atoms with Gasteiger partial charge in [0.25, 0.3) is 0 Å². The van der Waals surface area contributed by atoms with Crippen LogP contribution in [0.3, 0.4) is 0 Å². The Morgan fingerprint density at radius 3 is 3.15 bits per heavy atom. The fraction of sp³-hybridized carbons (Fsp3) is 0.364. The standard InChI is InChI=1S/C11H14N2/c1-2-12-8-10-7-9-5-3-4-6-11(9)13-10/h3-6,8,10,13H,2,7H2,1H3/b12-8-/t10-/m1/s1. The third-order valence-corrected chi connectivity index (χ3v) is 2.27. The molecule has 0 aromatic heterocycles. The van der Waals surface area contributed by atoms with Crippen LogP contribution in [-0.2, 0) is 6.42 Å². The average Bonchev–Trinajstić information content (AvgIpc) is 2.57. The molecule has 2 nitrogen and oxygen atoms in total. The van der Waals surface area contributed by atoms with E-state index in [9.17, 15) is 0 Å². The van der Waals surface area contributed by atoms with E-state index in [1.165, 1.54) is 11.3 Å². The Balaban J connectivity index is 2.09. The summed E-state index contributed by atoms with van der Waals surface area (Å²) < 4.78 is 0. The summed E-state index contributed by atoms with van der Waals surface area (Å²) in [7, 11) is 0. The van der Waals surface area contributed by atoms with E-state index < -0.39 is 0 Å². The van der Waals surface area contributed by atoms with Gasteiger partial charge in [0.05, 0.1) is 6.04 Å². The summed E-state index contributed by atoms with van der Waals surface area (Å²) in [4.78, 5) is 4.25. The van der Waals surface area contributed by atoms with Crippen molar-refractivity contribution in [1.82, 2.24) is 0 Å². The molecule has 0 unspecified atom stereocenters. The fourth-order valence-corrected chi connectivity index (χ4v) is 1.65. The number of aliphatic imine (C=N–C) groups is 1. The van der Waals surface area contributed by atoms with Crippen molar-refractivity contribution in [2.24, 2.45) is 4.99 Å². The Bertz CT molecular complexity index is 293. The minimum Gasteiger partial charge on any atom is -0.377 e. The van der Waals surface area contributed by atoms with Crippen molar-refractivity contribution >= 4 is 11.9 Å². The fourth-order valence-electron chi connectivity index (χ4n) is 1.65. The maximum Gasteiger partial charge on any atom is 0.0652 e. The molecule has 1 atom stereocenters. The number of nitrogens with zero attached hydrogens (tertiary/aromatic N) is 1. The highest BCUT2D eigenvalue weighted by molar-refractivity contribution is 5.74. The number of rotatable bonds is 2. The summed E-state index contributed by atoms with van der Waals surface area (Å²) in [5.74, 6) is 0. The van der Waals surface area contributed by atoms with Gasteiger partial charge in [-0.2, -0.15) is 0 Å². The Kier molecular flexibility index (Phi) is 2.30. The van der Waals surface area contributed by atoms with Gasteiger partial charge in [-0.15, -0.1) is 0 Å². The van der Waals surface area contributed by atoms with E-state index in [1.54, 1.807) is 0 Å². The zero-order valence-corrected chi connectivity index (χ0v) is 7.83. The Morgan fingerprint density at radius 1 is 1.54 bits per heavy atom. The molecule has 0 fully saturated rings. The van der Waals surface area contributed by atoms with E-state index >= 15 is 0 Å². The minimum absolute atomic E-state index is 0.400. The lowest BCUT2D eigenvalue weighted by Gasteiger charge is -2.02. The third-order valence-electron chi connectivity index (χ3n) is 2.27. The predicted molar refractivity (Wildman–Crippen MR) is 56.6 cm³/mol. The number of hydrogen-bond acceptors (Lipinski definition) is 2. The lowest BCUT2D eigenvalue weighted by atomic mass is 10.1. The second kappa shape index (κ2) is 3.60. The normalized spacial score (nSPS) is 20.2. The Morgan fingerprint density at radius 2 is 2.38 bits per heavy atom. The molecular weight excluding hydrogens is 160 g/mol. The summed E-state index contributed by atoms with van der Waals surface area (Å²) in [6.07, 6.45) is 3.08. The van der Waals surface area contributed by atoms with Crippen LogP contribution in [0.1, 0.15) is 12.5 Å². The van der Waals surface area contributed by atoms with Crippen molar-refractivity contribution in [1.29, 1.82) is 0 Å². The largest absolute Gasteiger partial charge is 0.377 e. The molecule has 0 radical (unpaired) electrons. The van der Waals surface area contributed by atoms with Gasteiger partial charge < -0.3 is 5.32 Å².